The summed E-state index contributed by atoms with van der Waals surface area (Å²) in [7, 11) is 0. The lowest BCUT2D eigenvalue weighted by Gasteiger charge is -2.00. The highest BCUT2D eigenvalue weighted by Crippen LogP contribution is 2.19. The molecule has 0 radical (unpaired) electrons. The van der Waals surface area contributed by atoms with Crippen LogP contribution in [0.2, 0.25) is 0 Å². The van der Waals surface area contributed by atoms with Gasteiger partial charge in [0.1, 0.15) is 0 Å². The maximum Gasteiger partial charge on any atom is 0.00744 e. The first-order valence-electron chi connectivity index (χ1n) is 5.43. The van der Waals surface area contributed by atoms with Gasteiger partial charge in [-0.05, 0) is 36.3 Å². The smallest absolute Gasteiger partial charge is 0.00744 e. The Bertz CT molecular complexity index is 225. The van der Waals surface area contributed by atoms with Gasteiger partial charge >= 0.3 is 0 Å². The van der Waals surface area contributed by atoms with Crippen LogP contribution in [0.1, 0.15) is 50.0 Å². The zero-order valence-electron chi connectivity index (χ0n) is 8.81. The van der Waals surface area contributed by atoms with Gasteiger partial charge in [-0.25, -0.2) is 0 Å². The molecule has 1 heterocycles. The molecule has 0 N–H and O–H groups in total. The van der Waals surface area contributed by atoms with E-state index in [1.165, 1.54) is 38.5 Å². The predicted molar refractivity (Wildman–Crippen MR) is 61.5 cm³/mol. The summed E-state index contributed by atoms with van der Waals surface area (Å²) in [6, 6.07) is 2.30. The third-order valence-electron chi connectivity index (χ3n) is 2.46. The predicted octanol–water partition coefficient (Wildman–Crippen LogP) is 4.43. The van der Waals surface area contributed by atoms with Crippen LogP contribution in [0.4, 0.5) is 0 Å². The van der Waals surface area contributed by atoms with Gasteiger partial charge in [0.25, 0.3) is 0 Å². The minimum atomic E-state index is 1.21. The molecule has 0 aliphatic heterocycles. The van der Waals surface area contributed by atoms with Crippen LogP contribution in [0.3, 0.4) is 0 Å². The van der Waals surface area contributed by atoms with Crippen molar-refractivity contribution < 1.29 is 0 Å². The zero-order valence-corrected chi connectivity index (χ0v) is 9.62. The summed E-state index contributed by atoms with van der Waals surface area (Å²) in [5, 5.41) is 2.23. The Morgan fingerprint density at radius 3 is 2.69 bits per heavy atom. The molecule has 0 nitrogen and oxygen atoms in total. The van der Waals surface area contributed by atoms with Gasteiger partial charge in [0.15, 0.2) is 0 Å². The molecule has 0 atom stereocenters. The first-order valence-corrected chi connectivity index (χ1v) is 6.31. The Labute approximate surface area is 86.0 Å². The van der Waals surface area contributed by atoms with E-state index in [4.69, 9.17) is 0 Å². The molecule has 0 aliphatic carbocycles. The molecule has 0 amide bonds. The Morgan fingerprint density at radius 1 is 1.15 bits per heavy atom. The summed E-state index contributed by atoms with van der Waals surface area (Å²) in [5.41, 5.74) is 1.60. The fourth-order valence-electron chi connectivity index (χ4n) is 1.64. The number of thiophene rings is 1. The molecule has 1 aromatic rings. The van der Waals surface area contributed by atoms with Crippen LogP contribution < -0.4 is 0 Å². The lowest BCUT2D eigenvalue weighted by molar-refractivity contribution is 0.666. The van der Waals surface area contributed by atoms with Crippen LogP contribution in [0, 0.1) is 0 Å². The lowest BCUT2D eigenvalue weighted by atomic mass is 10.1. The molecule has 0 saturated heterocycles. The van der Waals surface area contributed by atoms with E-state index in [1.54, 1.807) is 10.4 Å². The highest BCUT2D eigenvalue weighted by Gasteiger charge is 2.00. The summed E-state index contributed by atoms with van der Waals surface area (Å²) in [6.07, 6.45) is 8.01. The van der Waals surface area contributed by atoms with Crippen molar-refractivity contribution >= 4 is 11.3 Å². The van der Waals surface area contributed by atoms with Crippen LogP contribution in [0.25, 0.3) is 0 Å². The highest BCUT2D eigenvalue weighted by molar-refractivity contribution is 7.10. The van der Waals surface area contributed by atoms with E-state index < -0.39 is 0 Å². The Balaban J connectivity index is 2.27. The van der Waals surface area contributed by atoms with Gasteiger partial charge in [0.05, 0.1) is 0 Å². The normalized spacial score (nSPS) is 10.6. The van der Waals surface area contributed by atoms with E-state index in [-0.39, 0.29) is 0 Å². The third kappa shape index (κ3) is 3.51. The van der Waals surface area contributed by atoms with Gasteiger partial charge in [-0.3, -0.25) is 0 Å². The number of hydrogen-bond acceptors (Lipinski definition) is 1. The number of unbranched alkanes of at least 4 members (excludes halogenated alkanes) is 3. The molecule has 1 aromatic heterocycles. The molecule has 0 saturated carbocycles. The van der Waals surface area contributed by atoms with Gasteiger partial charge in [-0.1, -0.05) is 33.1 Å². The zero-order chi connectivity index (χ0) is 9.52. The van der Waals surface area contributed by atoms with Crippen molar-refractivity contribution in [1.82, 2.24) is 0 Å². The molecule has 0 aromatic carbocycles. The number of rotatable bonds is 6. The monoisotopic (exact) mass is 196 g/mol. The van der Waals surface area contributed by atoms with Crippen LogP contribution >= 0.6 is 11.3 Å². The lowest BCUT2D eigenvalue weighted by Crippen LogP contribution is -1.87. The third-order valence-corrected chi connectivity index (χ3v) is 3.57. The molecule has 1 heteroatoms. The van der Waals surface area contributed by atoms with E-state index in [9.17, 15) is 0 Å². The largest absolute Gasteiger partial charge is 0.149 e. The molecular formula is C12H20S. The minimum absolute atomic E-state index is 1.21. The molecule has 0 bridgehead atoms. The van der Waals surface area contributed by atoms with E-state index in [2.05, 4.69) is 25.3 Å². The first kappa shape index (κ1) is 10.8. The maximum absolute atomic E-state index is 2.30. The van der Waals surface area contributed by atoms with Crippen molar-refractivity contribution in [2.75, 3.05) is 0 Å². The van der Waals surface area contributed by atoms with Crippen molar-refractivity contribution in [2.45, 2.75) is 52.4 Å². The SMILES string of the molecule is CCCCCCc1ccsc1CC. The highest BCUT2D eigenvalue weighted by atomic mass is 32.1. The summed E-state index contributed by atoms with van der Waals surface area (Å²) >= 11 is 1.91. The van der Waals surface area contributed by atoms with Gasteiger partial charge in [-0.15, -0.1) is 11.3 Å². The fourth-order valence-corrected chi connectivity index (χ4v) is 2.53. The standard InChI is InChI=1S/C12H20S/c1-3-5-6-7-8-11-9-10-13-12(11)4-2/h9-10H,3-8H2,1-2H3. The van der Waals surface area contributed by atoms with Crippen molar-refractivity contribution in [3.8, 4) is 0 Å². The second-order valence-corrected chi connectivity index (χ2v) is 4.53. The van der Waals surface area contributed by atoms with E-state index in [1.807, 2.05) is 11.3 Å². The number of hydrogen-bond donors (Lipinski definition) is 0. The van der Waals surface area contributed by atoms with Crippen LogP contribution in [-0.4, -0.2) is 0 Å². The number of aryl methyl sites for hydroxylation is 2. The summed E-state index contributed by atoms with van der Waals surface area (Å²) in [6.45, 7) is 4.52. The van der Waals surface area contributed by atoms with Crippen LogP contribution in [-0.2, 0) is 12.8 Å². The Kier molecular flexibility index (Phi) is 5.14. The van der Waals surface area contributed by atoms with Crippen molar-refractivity contribution in [3.63, 3.8) is 0 Å². The molecule has 0 spiro atoms. The fraction of sp³-hybridized carbons (Fsp3) is 0.667. The van der Waals surface area contributed by atoms with Crippen LogP contribution in [0.5, 0.6) is 0 Å². The summed E-state index contributed by atoms with van der Waals surface area (Å²) in [4.78, 5) is 1.59. The summed E-state index contributed by atoms with van der Waals surface area (Å²) in [5.74, 6) is 0. The topological polar surface area (TPSA) is 0 Å². The quantitative estimate of drug-likeness (QED) is 0.590. The average Bonchev–Trinajstić information content (AvgIpc) is 2.60. The second kappa shape index (κ2) is 6.20. The second-order valence-electron chi connectivity index (χ2n) is 3.53. The average molecular weight is 196 g/mol. The Hall–Kier alpha value is -0.300. The van der Waals surface area contributed by atoms with E-state index in [0.29, 0.717) is 0 Å². The van der Waals surface area contributed by atoms with Gasteiger partial charge < -0.3 is 0 Å². The van der Waals surface area contributed by atoms with Gasteiger partial charge in [0.2, 0.25) is 0 Å². The maximum atomic E-state index is 2.30. The molecule has 1 rings (SSSR count). The molecule has 0 aliphatic rings. The van der Waals surface area contributed by atoms with E-state index in [0.717, 1.165) is 0 Å². The molecule has 13 heavy (non-hydrogen) atoms. The van der Waals surface area contributed by atoms with Crippen molar-refractivity contribution in [1.29, 1.82) is 0 Å². The molecular weight excluding hydrogens is 176 g/mol. The van der Waals surface area contributed by atoms with Crippen molar-refractivity contribution in [2.24, 2.45) is 0 Å². The van der Waals surface area contributed by atoms with Gasteiger partial charge in [0, 0.05) is 4.88 Å². The van der Waals surface area contributed by atoms with Gasteiger partial charge in [-0.2, -0.15) is 0 Å². The molecule has 0 fully saturated rings. The first-order chi connectivity index (χ1) is 6.38. The van der Waals surface area contributed by atoms with E-state index >= 15 is 0 Å². The molecule has 0 unspecified atom stereocenters. The molecule has 74 valence electrons. The van der Waals surface area contributed by atoms with Crippen molar-refractivity contribution in [3.05, 3.63) is 21.9 Å². The summed E-state index contributed by atoms with van der Waals surface area (Å²) < 4.78 is 0. The van der Waals surface area contributed by atoms with Crippen LogP contribution in [0.15, 0.2) is 11.4 Å². The Morgan fingerprint density at radius 2 is 2.00 bits per heavy atom. The minimum Gasteiger partial charge on any atom is -0.149 e.